The van der Waals surface area contributed by atoms with Crippen LogP contribution in [0.5, 0.6) is 0 Å². The molecule has 0 unspecified atom stereocenters. The van der Waals surface area contributed by atoms with Crippen molar-refractivity contribution in [1.82, 2.24) is 29.9 Å². The van der Waals surface area contributed by atoms with Crippen LogP contribution in [0.25, 0.3) is 27.7 Å². The Morgan fingerprint density at radius 1 is 1.28 bits per heavy atom. The zero-order valence-corrected chi connectivity index (χ0v) is 20.1. The maximum absolute atomic E-state index is 13.8. The summed E-state index contributed by atoms with van der Waals surface area (Å²) in [4.78, 5) is 24.7. The van der Waals surface area contributed by atoms with Crippen molar-refractivity contribution in [2.75, 3.05) is 18.4 Å². The van der Waals surface area contributed by atoms with E-state index in [1.54, 1.807) is 16.9 Å². The number of nitrogens with one attached hydrogen (secondary N) is 3. The lowest BCUT2D eigenvalue weighted by molar-refractivity contribution is -0.0443. The fraction of sp³-hybridized carbons (Fsp3) is 0.440. The van der Waals surface area contributed by atoms with Crippen molar-refractivity contribution >= 4 is 28.4 Å². The minimum Gasteiger partial charge on any atom is -0.354 e. The minimum atomic E-state index is -2.54. The summed E-state index contributed by atoms with van der Waals surface area (Å²) in [5.41, 5.74) is 1.74. The van der Waals surface area contributed by atoms with Gasteiger partial charge in [0, 0.05) is 48.9 Å². The fourth-order valence-electron chi connectivity index (χ4n) is 4.48. The lowest BCUT2D eigenvalue weighted by Crippen LogP contribution is -2.35. The highest BCUT2D eigenvalue weighted by molar-refractivity contribution is 6.02. The molecule has 1 saturated carbocycles. The minimum absolute atomic E-state index is 0.0715. The van der Waals surface area contributed by atoms with E-state index in [2.05, 4.69) is 30.7 Å². The van der Waals surface area contributed by atoms with Gasteiger partial charge >= 0.3 is 0 Å². The monoisotopic (exact) mass is 499 g/mol. The van der Waals surface area contributed by atoms with Gasteiger partial charge in [0.05, 0.1) is 23.8 Å². The highest BCUT2D eigenvalue weighted by Gasteiger charge is 2.34. The van der Waals surface area contributed by atoms with Crippen LogP contribution in [0.15, 0.2) is 36.9 Å². The number of aromatic nitrogens is 5. The number of halogens is 3. The summed E-state index contributed by atoms with van der Waals surface area (Å²) in [5, 5.41) is 10.8. The molecular weight excluding hydrogens is 471 g/mol. The number of aromatic amines is 1. The number of hydrogen-bond acceptors (Lipinski definition) is 5. The van der Waals surface area contributed by atoms with E-state index in [-0.39, 0.29) is 25.3 Å². The summed E-state index contributed by atoms with van der Waals surface area (Å²) < 4.78 is 42.2. The molecule has 190 valence electrons. The van der Waals surface area contributed by atoms with Crippen molar-refractivity contribution in [3.05, 3.63) is 42.5 Å². The smallest absolute Gasteiger partial charge is 0.255 e. The van der Waals surface area contributed by atoms with Crippen molar-refractivity contribution in [3.8, 4) is 11.1 Å². The second-order valence-electron chi connectivity index (χ2n) is 10.0. The SMILES string of the molecule is CC(C)(F)CNC(=O)c1cnn2ccc(-c3c[nH]c4nc(NCC5CCC(F)(F)CC5)ncc34)cc12. The van der Waals surface area contributed by atoms with Crippen molar-refractivity contribution < 1.29 is 18.0 Å². The number of H-pyrrole nitrogens is 1. The molecule has 1 amide bonds. The van der Waals surface area contributed by atoms with Crippen LogP contribution in [0, 0.1) is 5.92 Å². The standard InChI is InChI=1S/C25H28F3N7O/c1-24(2,26)14-32-22(36)19-13-33-35-8-5-16(9-20(19)35)17-11-29-21-18(17)12-31-23(34-21)30-10-15-3-6-25(27,28)7-4-15/h5,8-9,11-13,15H,3-4,6-7,10,14H2,1-2H3,(H,32,36)(H2,29,30,31,34). The molecule has 0 saturated heterocycles. The van der Waals surface area contributed by atoms with Crippen LogP contribution in [0.4, 0.5) is 19.1 Å². The first kappa shape index (κ1) is 24.1. The molecule has 0 radical (unpaired) electrons. The third-order valence-electron chi connectivity index (χ3n) is 6.56. The lowest BCUT2D eigenvalue weighted by Gasteiger charge is -2.28. The number of carbonyl (C=O) groups is 1. The Bertz CT molecular complexity index is 1400. The van der Waals surface area contributed by atoms with Gasteiger partial charge in [-0.15, -0.1) is 0 Å². The average Bonchev–Trinajstić information content (AvgIpc) is 3.45. The molecule has 4 heterocycles. The second-order valence-corrected chi connectivity index (χ2v) is 10.0. The van der Waals surface area contributed by atoms with Crippen LogP contribution in [0.3, 0.4) is 0 Å². The van der Waals surface area contributed by atoms with Crippen molar-refractivity contribution in [2.24, 2.45) is 5.92 Å². The number of fused-ring (bicyclic) bond motifs is 2. The highest BCUT2D eigenvalue weighted by atomic mass is 19.3. The van der Waals surface area contributed by atoms with Crippen LogP contribution in [-0.2, 0) is 0 Å². The Hall–Kier alpha value is -3.63. The molecule has 0 atom stereocenters. The number of carbonyl (C=O) groups excluding carboxylic acids is 1. The van der Waals surface area contributed by atoms with E-state index in [0.29, 0.717) is 42.1 Å². The summed E-state index contributed by atoms with van der Waals surface area (Å²) in [5.74, 6) is -2.32. The number of anilines is 1. The van der Waals surface area contributed by atoms with Crippen LogP contribution in [-0.4, -0.2) is 55.2 Å². The maximum atomic E-state index is 13.8. The summed E-state index contributed by atoms with van der Waals surface area (Å²) in [6.07, 6.45) is 7.57. The largest absolute Gasteiger partial charge is 0.354 e. The van der Waals surface area contributed by atoms with Gasteiger partial charge in [0.25, 0.3) is 5.91 Å². The molecule has 1 aliphatic carbocycles. The molecule has 36 heavy (non-hydrogen) atoms. The van der Waals surface area contributed by atoms with E-state index in [1.165, 1.54) is 20.0 Å². The number of rotatable bonds is 7. The van der Waals surface area contributed by atoms with E-state index in [4.69, 9.17) is 0 Å². The first-order valence-corrected chi connectivity index (χ1v) is 12.0. The average molecular weight is 500 g/mol. The number of pyridine rings is 1. The van der Waals surface area contributed by atoms with Gasteiger partial charge in [0.15, 0.2) is 0 Å². The van der Waals surface area contributed by atoms with Gasteiger partial charge in [0.2, 0.25) is 11.9 Å². The molecule has 1 fully saturated rings. The molecule has 0 aromatic carbocycles. The summed E-state index contributed by atoms with van der Waals surface area (Å²) >= 11 is 0. The molecule has 4 aromatic rings. The third-order valence-corrected chi connectivity index (χ3v) is 6.56. The number of amides is 1. The van der Waals surface area contributed by atoms with E-state index in [9.17, 15) is 18.0 Å². The molecule has 8 nitrogen and oxygen atoms in total. The summed E-state index contributed by atoms with van der Waals surface area (Å²) in [7, 11) is 0. The Morgan fingerprint density at radius 3 is 2.81 bits per heavy atom. The Labute approximate surface area is 205 Å². The van der Waals surface area contributed by atoms with E-state index in [1.807, 2.05) is 18.3 Å². The van der Waals surface area contributed by atoms with Gasteiger partial charge in [-0.25, -0.2) is 22.7 Å². The second kappa shape index (κ2) is 9.11. The third kappa shape index (κ3) is 5.14. The quantitative estimate of drug-likeness (QED) is 0.333. The number of nitrogens with zero attached hydrogens (tertiary/aromatic N) is 4. The van der Waals surface area contributed by atoms with Crippen LogP contribution in [0.1, 0.15) is 49.9 Å². The molecule has 11 heteroatoms. The normalized spacial score (nSPS) is 16.5. The predicted molar refractivity (Wildman–Crippen MR) is 131 cm³/mol. The lowest BCUT2D eigenvalue weighted by atomic mass is 9.87. The van der Waals surface area contributed by atoms with Crippen LogP contribution < -0.4 is 10.6 Å². The maximum Gasteiger partial charge on any atom is 0.255 e. The molecule has 0 bridgehead atoms. The predicted octanol–water partition coefficient (Wildman–Crippen LogP) is 4.99. The summed E-state index contributed by atoms with van der Waals surface area (Å²) in [6, 6.07) is 3.72. The van der Waals surface area contributed by atoms with Crippen molar-refractivity contribution in [3.63, 3.8) is 0 Å². The van der Waals surface area contributed by atoms with E-state index < -0.39 is 17.5 Å². The van der Waals surface area contributed by atoms with Crippen LogP contribution in [0.2, 0.25) is 0 Å². The van der Waals surface area contributed by atoms with Gasteiger partial charge in [-0.1, -0.05) is 0 Å². The Balaban J connectivity index is 1.33. The van der Waals surface area contributed by atoms with E-state index >= 15 is 0 Å². The van der Waals surface area contributed by atoms with Gasteiger partial charge in [0.1, 0.15) is 11.3 Å². The van der Waals surface area contributed by atoms with Crippen molar-refractivity contribution in [1.29, 1.82) is 0 Å². The molecule has 0 spiro atoms. The molecular formula is C25H28F3N7O. The summed E-state index contributed by atoms with van der Waals surface area (Å²) in [6.45, 7) is 3.25. The van der Waals surface area contributed by atoms with Gasteiger partial charge < -0.3 is 15.6 Å². The zero-order chi connectivity index (χ0) is 25.5. The Kier molecular flexibility index (Phi) is 6.09. The topological polar surface area (TPSA) is 100 Å². The number of alkyl halides is 3. The first-order chi connectivity index (χ1) is 17.1. The fourth-order valence-corrected chi connectivity index (χ4v) is 4.48. The van der Waals surface area contributed by atoms with Crippen molar-refractivity contribution in [2.45, 2.75) is 51.1 Å². The van der Waals surface area contributed by atoms with E-state index in [0.717, 1.165) is 16.5 Å². The molecule has 5 rings (SSSR count). The highest BCUT2D eigenvalue weighted by Crippen LogP contribution is 2.36. The number of hydrogen-bond donors (Lipinski definition) is 3. The molecule has 1 aliphatic rings. The molecule has 3 N–H and O–H groups in total. The van der Waals surface area contributed by atoms with Gasteiger partial charge in [-0.2, -0.15) is 10.1 Å². The van der Waals surface area contributed by atoms with Crippen LogP contribution >= 0.6 is 0 Å². The molecule has 4 aromatic heterocycles. The zero-order valence-electron chi connectivity index (χ0n) is 20.1. The molecule has 0 aliphatic heterocycles. The van der Waals surface area contributed by atoms with Gasteiger partial charge in [-0.05, 0) is 50.3 Å². The van der Waals surface area contributed by atoms with Gasteiger partial charge in [-0.3, -0.25) is 4.79 Å². The Morgan fingerprint density at radius 2 is 2.06 bits per heavy atom. The first-order valence-electron chi connectivity index (χ1n) is 12.0.